The van der Waals surface area contributed by atoms with Crippen molar-refractivity contribution in [2.24, 2.45) is 0 Å². The lowest BCUT2D eigenvalue weighted by Crippen LogP contribution is -2.19. The van der Waals surface area contributed by atoms with E-state index in [4.69, 9.17) is 4.74 Å². The normalized spacial score (nSPS) is 12.8. The van der Waals surface area contributed by atoms with E-state index in [9.17, 15) is 4.79 Å². The molecule has 0 spiro atoms. The molecule has 0 saturated carbocycles. The van der Waals surface area contributed by atoms with Crippen molar-refractivity contribution in [2.75, 3.05) is 12.4 Å². The lowest BCUT2D eigenvalue weighted by molar-refractivity contribution is -0.117. The van der Waals surface area contributed by atoms with Gasteiger partial charge in [-0.25, -0.2) is 4.98 Å². The van der Waals surface area contributed by atoms with E-state index in [2.05, 4.69) is 37.1 Å². The smallest absolute Gasteiger partial charge is 0.233 e. The highest BCUT2D eigenvalue weighted by atomic mass is 32.1. The first-order chi connectivity index (χ1) is 12.3. The van der Waals surface area contributed by atoms with Gasteiger partial charge in [0.05, 0.1) is 18.7 Å². The van der Waals surface area contributed by atoms with Crippen molar-refractivity contribution in [3.8, 4) is 5.75 Å². The average molecular weight is 369 g/mol. The summed E-state index contributed by atoms with van der Waals surface area (Å²) in [5.74, 6) is 0.519. The predicted molar refractivity (Wildman–Crippen MR) is 108 cm³/mol. The van der Waals surface area contributed by atoms with Gasteiger partial charge in [-0.3, -0.25) is 4.79 Å². The number of amides is 1. The Labute approximate surface area is 158 Å². The van der Waals surface area contributed by atoms with Gasteiger partial charge in [0.2, 0.25) is 5.91 Å². The summed E-state index contributed by atoms with van der Waals surface area (Å²) in [7, 11) is 1.66. The quantitative estimate of drug-likeness (QED) is 0.676. The van der Waals surface area contributed by atoms with E-state index < -0.39 is 0 Å². The Morgan fingerprint density at radius 2 is 1.85 bits per heavy atom. The molecule has 0 saturated heterocycles. The number of rotatable bonds is 4. The SMILES string of the molecule is COc1ccc2cc(C(C)C(=O)Nc3nc(C(C)(C)C)cs3)ccc2c1. The fourth-order valence-corrected chi connectivity index (χ4v) is 3.62. The van der Waals surface area contributed by atoms with E-state index in [-0.39, 0.29) is 17.2 Å². The fraction of sp³-hybridized carbons (Fsp3) is 0.333. The van der Waals surface area contributed by atoms with Crippen LogP contribution in [0.1, 0.15) is 44.9 Å². The highest BCUT2D eigenvalue weighted by molar-refractivity contribution is 7.14. The fourth-order valence-electron chi connectivity index (χ4n) is 2.68. The van der Waals surface area contributed by atoms with Crippen LogP contribution in [0.5, 0.6) is 5.75 Å². The Morgan fingerprint density at radius 3 is 2.50 bits per heavy atom. The van der Waals surface area contributed by atoms with E-state index in [1.54, 1.807) is 7.11 Å². The number of carbonyl (C=O) groups is 1. The van der Waals surface area contributed by atoms with Crippen molar-refractivity contribution in [1.29, 1.82) is 0 Å². The molecular formula is C21H24N2O2S. The number of nitrogens with zero attached hydrogens (tertiary/aromatic N) is 1. The molecule has 1 heterocycles. The lowest BCUT2D eigenvalue weighted by Gasteiger charge is -2.14. The van der Waals surface area contributed by atoms with Gasteiger partial charge in [-0.1, -0.05) is 45.0 Å². The van der Waals surface area contributed by atoms with Crippen molar-refractivity contribution >= 4 is 33.1 Å². The third kappa shape index (κ3) is 3.88. The molecule has 2 aromatic carbocycles. The summed E-state index contributed by atoms with van der Waals surface area (Å²) < 4.78 is 5.26. The molecule has 3 aromatic rings. The van der Waals surface area contributed by atoms with E-state index in [1.807, 2.05) is 42.6 Å². The first kappa shape index (κ1) is 18.4. The Balaban J connectivity index is 1.77. The summed E-state index contributed by atoms with van der Waals surface area (Å²) in [6.45, 7) is 8.25. The van der Waals surface area contributed by atoms with Gasteiger partial charge in [0.25, 0.3) is 0 Å². The summed E-state index contributed by atoms with van der Waals surface area (Å²) in [4.78, 5) is 17.2. The van der Waals surface area contributed by atoms with Crippen molar-refractivity contribution in [3.05, 3.63) is 53.0 Å². The van der Waals surface area contributed by atoms with Gasteiger partial charge >= 0.3 is 0 Å². The largest absolute Gasteiger partial charge is 0.497 e. The maximum absolute atomic E-state index is 12.6. The van der Waals surface area contributed by atoms with E-state index >= 15 is 0 Å². The number of aromatic nitrogens is 1. The van der Waals surface area contributed by atoms with E-state index in [0.717, 1.165) is 27.8 Å². The molecule has 0 aliphatic heterocycles. The molecular weight excluding hydrogens is 344 g/mol. The zero-order chi connectivity index (χ0) is 18.9. The summed E-state index contributed by atoms with van der Waals surface area (Å²) >= 11 is 1.47. The summed E-state index contributed by atoms with van der Waals surface area (Å²) in [5.41, 5.74) is 1.95. The Kier molecular flexibility index (Phi) is 5.01. The van der Waals surface area contributed by atoms with Crippen molar-refractivity contribution < 1.29 is 9.53 Å². The molecule has 3 rings (SSSR count). The van der Waals surface area contributed by atoms with Crippen LogP contribution in [-0.2, 0) is 10.2 Å². The second-order valence-electron chi connectivity index (χ2n) is 7.47. The number of thiazole rings is 1. The number of ether oxygens (including phenoxy) is 1. The Hall–Kier alpha value is -2.40. The van der Waals surface area contributed by atoms with Crippen molar-refractivity contribution in [1.82, 2.24) is 4.98 Å². The van der Waals surface area contributed by atoms with Crippen molar-refractivity contribution in [2.45, 2.75) is 39.0 Å². The van der Waals surface area contributed by atoms with Crippen LogP contribution >= 0.6 is 11.3 Å². The topological polar surface area (TPSA) is 51.2 Å². The maximum atomic E-state index is 12.6. The van der Waals surface area contributed by atoms with Crippen LogP contribution in [0, 0.1) is 0 Å². The van der Waals surface area contributed by atoms with Gasteiger partial charge in [-0.2, -0.15) is 0 Å². The highest BCUT2D eigenvalue weighted by Gasteiger charge is 2.20. The van der Waals surface area contributed by atoms with Gasteiger partial charge in [0.1, 0.15) is 5.75 Å². The van der Waals surface area contributed by atoms with Crippen LogP contribution in [0.4, 0.5) is 5.13 Å². The van der Waals surface area contributed by atoms with Crippen LogP contribution in [0.2, 0.25) is 0 Å². The molecule has 0 aliphatic rings. The van der Waals surface area contributed by atoms with Gasteiger partial charge in [-0.05, 0) is 35.4 Å². The zero-order valence-electron chi connectivity index (χ0n) is 15.8. The molecule has 0 radical (unpaired) electrons. The molecule has 1 aromatic heterocycles. The zero-order valence-corrected chi connectivity index (χ0v) is 16.6. The standard InChI is InChI=1S/C21H24N2O2S/c1-13(19(24)23-20-22-18(12-26-20)21(2,3)4)14-6-7-16-11-17(25-5)9-8-15(16)10-14/h6-13H,1-5H3,(H,22,23,24). The average Bonchev–Trinajstić information content (AvgIpc) is 3.09. The minimum absolute atomic E-state index is 0.0233. The molecule has 1 atom stereocenters. The van der Waals surface area contributed by atoms with Crippen LogP contribution in [0.15, 0.2) is 41.8 Å². The van der Waals surface area contributed by atoms with E-state index in [1.165, 1.54) is 11.3 Å². The number of carbonyl (C=O) groups excluding carboxylic acids is 1. The molecule has 26 heavy (non-hydrogen) atoms. The molecule has 0 aliphatic carbocycles. The van der Waals surface area contributed by atoms with Gasteiger partial charge in [0.15, 0.2) is 5.13 Å². The maximum Gasteiger partial charge on any atom is 0.233 e. The molecule has 4 nitrogen and oxygen atoms in total. The monoisotopic (exact) mass is 368 g/mol. The molecule has 0 bridgehead atoms. The van der Waals surface area contributed by atoms with Crippen LogP contribution in [0.3, 0.4) is 0 Å². The second-order valence-corrected chi connectivity index (χ2v) is 8.33. The van der Waals surface area contributed by atoms with Crippen LogP contribution in [-0.4, -0.2) is 18.0 Å². The molecule has 1 unspecified atom stereocenters. The number of methoxy groups -OCH3 is 1. The predicted octanol–water partition coefficient (Wildman–Crippen LogP) is 5.34. The molecule has 0 fully saturated rings. The number of nitrogens with one attached hydrogen (secondary N) is 1. The highest BCUT2D eigenvalue weighted by Crippen LogP contribution is 2.28. The summed E-state index contributed by atoms with van der Waals surface area (Å²) in [6.07, 6.45) is 0. The summed E-state index contributed by atoms with van der Waals surface area (Å²) in [5, 5.41) is 7.78. The first-order valence-electron chi connectivity index (χ1n) is 8.62. The van der Waals surface area contributed by atoms with Crippen molar-refractivity contribution in [3.63, 3.8) is 0 Å². The molecule has 1 N–H and O–H groups in total. The minimum atomic E-state index is -0.261. The van der Waals surface area contributed by atoms with Crippen LogP contribution < -0.4 is 10.1 Å². The number of fused-ring (bicyclic) bond motifs is 1. The minimum Gasteiger partial charge on any atom is -0.497 e. The lowest BCUT2D eigenvalue weighted by atomic mass is 9.93. The first-order valence-corrected chi connectivity index (χ1v) is 9.50. The number of hydrogen-bond acceptors (Lipinski definition) is 4. The van der Waals surface area contributed by atoms with Gasteiger partial charge in [-0.15, -0.1) is 11.3 Å². The van der Waals surface area contributed by atoms with Gasteiger partial charge in [0, 0.05) is 10.8 Å². The third-order valence-electron chi connectivity index (χ3n) is 4.47. The number of benzene rings is 2. The number of hydrogen-bond donors (Lipinski definition) is 1. The molecule has 1 amide bonds. The third-order valence-corrected chi connectivity index (χ3v) is 5.23. The number of anilines is 1. The van der Waals surface area contributed by atoms with Crippen LogP contribution in [0.25, 0.3) is 10.8 Å². The molecule has 136 valence electrons. The second kappa shape index (κ2) is 7.08. The van der Waals surface area contributed by atoms with E-state index in [0.29, 0.717) is 5.13 Å². The molecule has 5 heteroatoms. The Bertz CT molecular complexity index is 941. The Morgan fingerprint density at radius 1 is 1.15 bits per heavy atom. The summed E-state index contributed by atoms with van der Waals surface area (Å²) in [6, 6.07) is 12.0. The van der Waals surface area contributed by atoms with Gasteiger partial charge < -0.3 is 10.1 Å².